The summed E-state index contributed by atoms with van der Waals surface area (Å²) in [5.41, 5.74) is 1.72. The van der Waals surface area contributed by atoms with Gasteiger partial charge in [-0.1, -0.05) is 15.9 Å². The fraction of sp³-hybridized carbons (Fsp3) is 0.500. The molecule has 2 amide bonds. The minimum absolute atomic E-state index is 0.123. The Kier molecular flexibility index (Phi) is 3.01. The lowest BCUT2D eigenvalue weighted by molar-refractivity contribution is -0.129. The molecule has 3 heterocycles. The lowest BCUT2D eigenvalue weighted by atomic mass is 10.2. The lowest BCUT2D eigenvalue weighted by Gasteiger charge is -2.26. The van der Waals surface area contributed by atoms with Gasteiger partial charge in [0.05, 0.1) is 24.8 Å². The monoisotopic (exact) mass is 343 g/mol. The molecule has 0 saturated heterocycles. The highest BCUT2D eigenvalue weighted by atomic mass is 79.9. The zero-order valence-corrected chi connectivity index (χ0v) is 12.7. The molecule has 3 rings (SSSR count). The summed E-state index contributed by atoms with van der Waals surface area (Å²) in [6.45, 7) is 2.51. The predicted octanol–water partition coefficient (Wildman–Crippen LogP) is -0.370. The molecule has 3 aliphatic rings. The van der Waals surface area contributed by atoms with Gasteiger partial charge in [0.1, 0.15) is 17.9 Å². The molecule has 0 saturated carbocycles. The summed E-state index contributed by atoms with van der Waals surface area (Å²) in [6.07, 6.45) is 1.67. The van der Waals surface area contributed by atoms with E-state index < -0.39 is 4.95 Å². The number of nitrogens with one attached hydrogen (secondary N) is 2. The summed E-state index contributed by atoms with van der Waals surface area (Å²) in [5, 5.41) is 4.19. The molecule has 8 heteroatoms. The van der Waals surface area contributed by atoms with E-state index in [4.69, 9.17) is 6.15 Å². The number of ether oxygens (including phenoxy) is 1. The number of fused-ring (bicyclic) bond motifs is 1. The van der Waals surface area contributed by atoms with E-state index in [1.807, 2.05) is 6.92 Å². The topological polar surface area (TPSA) is 73.9 Å². The van der Waals surface area contributed by atoms with Crippen molar-refractivity contribution in [1.82, 2.24) is 20.6 Å². The fourth-order valence-corrected chi connectivity index (χ4v) is 2.94. The maximum atomic E-state index is 12.5. The van der Waals surface area contributed by atoms with Gasteiger partial charge in [-0.15, -0.1) is 0 Å². The summed E-state index contributed by atoms with van der Waals surface area (Å²) >= 11 is 3.27. The van der Waals surface area contributed by atoms with Gasteiger partial charge in [0.2, 0.25) is 0 Å². The highest BCUT2D eigenvalue weighted by Crippen LogP contribution is 2.29. The van der Waals surface area contributed by atoms with Gasteiger partial charge in [0.15, 0.2) is 0 Å². The second-order valence-electron chi connectivity index (χ2n) is 4.87. The Morgan fingerprint density at radius 2 is 2.35 bits per heavy atom. The molecule has 0 aromatic carbocycles. The summed E-state index contributed by atoms with van der Waals surface area (Å²) in [5.74, 6) is -0.115. The molecule has 0 radical (unpaired) electrons. The molecule has 20 heavy (non-hydrogen) atoms. The summed E-state index contributed by atoms with van der Waals surface area (Å²) in [6, 6.07) is -0.123. The zero-order chi connectivity index (χ0) is 15.3. The number of carbonyl (C=O) groups excluding carboxylic acids is 2. The number of nitrogens with zero attached hydrogens (tertiary/aromatic N) is 2. The van der Waals surface area contributed by atoms with Crippen LogP contribution in [-0.2, 0) is 14.3 Å². The number of rotatable bonds is 3. The molecule has 2 N–H and O–H groups in total. The first-order valence-electron chi connectivity index (χ1n) is 6.69. The SMILES string of the molecule is [2H]N1C(Br)C=C2NC3=C(CN([C@@H](C)COC)C3=O)C(=O)N21. The Labute approximate surface area is 126 Å². The Hall–Kier alpha value is -1.38. The van der Waals surface area contributed by atoms with E-state index in [0.717, 1.165) is 5.42 Å². The molecular weight excluding hydrogens is 328 g/mol. The van der Waals surface area contributed by atoms with Crippen molar-refractivity contribution in [2.45, 2.75) is 17.9 Å². The van der Waals surface area contributed by atoms with E-state index in [9.17, 15) is 9.59 Å². The van der Waals surface area contributed by atoms with Crippen molar-refractivity contribution in [3.05, 3.63) is 23.2 Å². The van der Waals surface area contributed by atoms with E-state index >= 15 is 0 Å². The third-order valence-corrected chi connectivity index (χ3v) is 3.95. The first kappa shape index (κ1) is 12.4. The van der Waals surface area contributed by atoms with Crippen LogP contribution in [0.3, 0.4) is 0 Å². The average molecular weight is 344 g/mol. The largest absolute Gasteiger partial charge is 0.383 e. The first-order chi connectivity index (χ1) is 9.95. The van der Waals surface area contributed by atoms with Crippen molar-refractivity contribution in [1.29, 1.82) is 0 Å². The van der Waals surface area contributed by atoms with Gasteiger partial charge < -0.3 is 15.0 Å². The van der Waals surface area contributed by atoms with Crippen LogP contribution in [0.5, 0.6) is 0 Å². The van der Waals surface area contributed by atoms with Crippen molar-refractivity contribution in [2.75, 3.05) is 20.3 Å². The number of methoxy groups -OCH3 is 1. The Morgan fingerprint density at radius 1 is 1.60 bits per heavy atom. The van der Waals surface area contributed by atoms with Crippen LogP contribution in [0, 0.1) is 0 Å². The standard InChI is InChI=1S/C12H15BrN4O3/c1-6(5-20-2)16-4-7-10(12(16)19)14-9-3-8(13)15-17(9)11(7)18/h3,6,8,14-15H,4-5H2,1-2H3/t6-,8?/m0/s1/i/hD. The average Bonchev–Trinajstić information content (AvgIpc) is 2.90. The first-order valence-corrected chi connectivity index (χ1v) is 7.15. The van der Waals surface area contributed by atoms with Crippen molar-refractivity contribution >= 4 is 27.7 Å². The summed E-state index contributed by atoms with van der Waals surface area (Å²) in [4.78, 5) is 26.1. The minimum atomic E-state index is -0.400. The van der Waals surface area contributed by atoms with Crippen LogP contribution in [0.2, 0.25) is 1.41 Å². The maximum Gasteiger partial charge on any atom is 0.274 e. The third kappa shape index (κ3) is 1.95. The maximum absolute atomic E-state index is 12.5. The van der Waals surface area contributed by atoms with Crippen molar-refractivity contribution in [2.24, 2.45) is 0 Å². The van der Waals surface area contributed by atoms with Crippen LogP contribution in [0.4, 0.5) is 0 Å². The van der Waals surface area contributed by atoms with E-state index in [0.29, 0.717) is 23.7 Å². The number of amides is 2. The van der Waals surface area contributed by atoms with Crippen LogP contribution in [0.1, 0.15) is 6.92 Å². The quantitative estimate of drug-likeness (QED) is 0.540. The summed E-state index contributed by atoms with van der Waals surface area (Å²) < 4.78 is 12.9. The molecule has 0 spiro atoms. The van der Waals surface area contributed by atoms with E-state index in [1.165, 1.54) is 5.01 Å². The fourth-order valence-electron chi connectivity index (χ4n) is 2.50. The molecule has 0 aliphatic carbocycles. The van der Waals surface area contributed by atoms with Crippen molar-refractivity contribution < 1.29 is 15.7 Å². The molecule has 1 unspecified atom stereocenters. The highest BCUT2D eigenvalue weighted by molar-refractivity contribution is 9.09. The number of hydrazine groups is 1. The van der Waals surface area contributed by atoms with Crippen LogP contribution >= 0.6 is 15.9 Å². The lowest BCUT2D eigenvalue weighted by Crippen LogP contribution is -2.47. The normalized spacial score (nSPS) is 28.2. The Bertz CT molecular complexity index is 579. The van der Waals surface area contributed by atoms with Gasteiger partial charge in [-0.3, -0.25) is 9.59 Å². The van der Waals surface area contributed by atoms with Gasteiger partial charge in [-0.25, -0.2) is 10.4 Å². The summed E-state index contributed by atoms with van der Waals surface area (Å²) in [7, 11) is 1.57. The molecule has 108 valence electrons. The van der Waals surface area contributed by atoms with Crippen LogP contribution in [0.25, 0.3) is 0 Å². The minimum Gasteiger partial charge on any atom is -0.383 e. The molecular formula is C12H15BrN4O3. The van der Waals surface area contributed by atoms with Gasteiger partial charge in [0.25, 0.3) is 11.8 Å². The molecule has 2 atom stereocenters. The number of halogens is 1. The van der Waals surface area contributed by atoms with Crippen molar-refractivity contribution in [3.63, 3.8) is 0 Å². The number of hydrogen-bond donors (Lipinski definition) is 2. The third-order valence-electron chi connectivity index (χ3n) is 3.50. The van der Waals surface area contributed by atoms with Gasteiger partial charge in [-0.2, -0.15) is 0 Å². The van der Waals surface area contributed by atoms with Gasteiger partial charge in [0, 0.05) is 7.11 Å². The number of alkyl halides is 1. The second-order valence-corrected chi connectivity index (χ2v) is 5.81. The molecule has 0 bridgehead atoms. The Balaban J connectivity index is 1.88. The van der Waals surface area contributed by atoms with Gasteiger partial charge in [-0.05, 0) is 13.0 Å². The smallest absolute Gasteiger partial charge is 0.274 e. The molecule has 0 fully saturated rings. The van der Waals surface area contributed by atoms with Crippen molar-refractivity contribution in [3.8, 4) is 0 Å². The zero-order valence-electron chi connectivity index (χ0n) is 12.1. The molecule has 7 nitrogen and oxygen atoms in total. The molecule has 0 aromatic heterocycles. The molecule has 3 aliphatic heterocycles. The Morgan fingerprint density at radius 3 is 3.05 bits per heavy atom. The van der Waals surface area contributed by atoms with E-state index in [-0.39, 0.29) is 24.4 Å². The number of carbonyl (C=O) groups is 2. The second kappa shape index (κ2) is 4.87. The van der Waals surface area contributed by atoms with Crippen LogP contribution in [0.15, 0.2) is 23.2 Å². The van der Waals surface area contributed by atoms with E-state index in [2.05, 4.69) is 21.2 Å². The molecule has 0 aromatic rings. The van der Waals surface area contributed by atoms with Gasteiger partial charge >= 0.3 is 0 Å². The number of hydrogen-bond acceptors (Lipinski definition) is 5. The van der Waals surface area contributed by atoms with E-state index in [1.54, 1.807) is 18.1 Å². The predicted molar refractivity (Wildman–Crippen MR) is 74.0 cm³/mol. The van der Waals surface area contributed by atoms with Crippen LogP contribution < -0.4 is 10.7 Å². The highest BCUT2D eigenvalue weighted by Gasteiger charge is 2.44. The van der Waals surface area contributed by atoms with Crippen LogP contribution in [-0.4, -0.2) is 53.0 Å².